The maximum absolute atomic E-state index is 13.0. The number of methoxy groups -OCH3 is 1. The fourth-order valence-corrected chi connectivity index (χ4v) is 4.92. The average molecular weight is 502 g/mol. The van der Waals surface area contributed by atoms with Crippen molar-refractivity contribution in [3.05, 3.63) is 70.8 Å². The van der Waals surface area contributed by atoms with Gasteiger partial charge in [-0.05, 0) is 35.4 Å². The minimum absolute atomic E-state index is 0.0846. The quantitative estimate of drug-likeness (QED) is 0.242. The van der Waals surface area contributed by atoms with Crippen molar-refractivity contribution < 1.29 is 27.6 Å². The number of carbonyl (C=O) groups is 1. The molecule has 0 bridgehead atoms. The highest BCUT2D eigenvalue weighted by molar-refractivity contribution is 7.92. The summed E-state index contributed by atoms with van der Waals surface area (Å²) in [5, 5.41) is 16.1. The Hall–Kier alpha value is -3.86. The molecule has 1 amide bonds. The molecule has 1 N–H and O–H groups in total. The SMILES string of the molecule is CC[C@@H](C(=O)NCCOc1ccc2ccccc2c1)N(c1cc([N+](=O)[O-])ccc1OC)S(C)(=O)=O. The van der Waals surface area contributed by atoms with Gasteiger partial charge in [0.1, 0.15) is 29.8 Å². The van der Waals surface area contributed by atoms with Gasteiger partial charge in [-0.3, -0.25) is 19.2 Å². The molecule has 186 valence electrons. The molecule has 11 heteroatoms. The van der Waals surface area contributed by atoms with Crippen molar-refractivity contribution in [1.29, 1.82) is 0 Å². The first-order chi connectivity index (χ1) is 16.7. The predicted octanol–water partition coefficient (Wildman–Crippen LogP) is 3.50. The van der Waals surface area contributed by atoms with E-state index in [-0.39, 0.29) is 36.7 Å². The topological polar surface area (TPSA) is 128 Å². The summed E-state index contributed by atoms with van der Waals surface area (Å²) in [6.45, 7) is 1.95. The van der Waals surface area contributed by atoms with Gasteiger partial charge in [0.25, 0.3) is 5.69 Å². The zero-order valence-corrected chi connectivity index (χ0v) is 20.4. The maximum atomic E-state index is 13.0. The van der Waals surface area contributed by atoms with Crippen molar-refractivity contribution in [2.24, 2.45) is 0 Å². The second-order valence-corrected chi connectivity index (χ2v) is 9.60. The molecule has 0 aliphatic rings. The third-order valence-electron chi connectivity index (χ3n) is 5.33. The Morgan fingerprint density at radius 3 is 2.46 bits per heavy atom. The van der Waals surface area contributed by atoms with Crippen molar-refractivity contribution in [3.63, 3.8) is 0 Å². The third kappa shape index (κ3) is 6.18. The van der Waals surface area contributed by atoms with E-state index in [1.807, 2.05) is 42.5 Å². The Morgan fingerprint density at radius 2 is 1.83 bits per heavy atom. The molecule has 3 aromatic rings. The fourth-order valence-electron chi connectivity index (χ4n) is 3.72. The minimum Gasteiger partial charge on any atom is -0.495 e. The molecular weight excluding hydrogens is 474 g/mol. The van der Waals surface area contributed by atoms with Gasteiger partial charge >= 0.3 is 0 Å². The van der Waals surface area contributed by atoms with Crippen LogP contribution in [0, 0.1) is 10.1 Å². The zero-order valence-electron chi connectivity index (χ0n) is 19.6. The highest BCUT2D eigenvalue weighted by Crippen LogP contribution is 2.35. The van der Waals surface area contributed by atoms with E-state index in [9.17, 15) is 23.3 Å². The summed E-state index contributed by atoms with van der Waals surface area (Å²) in [5.41, 5.74) is -0.410. The van der Waals surface area contributed by atoms with Crippen LogP contribution in [0.5, 0.6) is 11.5 Å². The molecule has 0 saturated carbocycles. The van der Waals surface area contributed by atoms with E-state index in [0.717, 1.165) is 27.4 Å². The summed E-state index contributed by atoms with van der Waals surface area (Å²) >= 11 is 0. The monoisotopic (exact) mass is 501 g/mol. The lowest BCUT2D eigenvalue weighted by Gasteiger charge is -2.30. The van der Waals surface area contributed by atoms with Gasteiger partial charge in [-0.2, -0.15) is 0 Å². The van der Waals surface area contributed by atoms with Crippen molar-refractivity contribution in [3.8, 4) is 11.5 Å². The number of anilines is 1. The molecule has 10 nitrogen and oxygen atoms in total. The van der Waals surface area contributed by atoms with E-state index in [2.05, 4.69) is 5.32 Å². The molecule has 0 saturated heterocycles. The van der Waals surface area contributed by atoms with Gasteiger partial charge in [-0.1, -0.05) is 37.3 Å². The first-order valence-corrected chi connectivity index (χ1v) is 12.7. The van der Waals surface area contributed by atoms with Gasteiger partial charge in [-0.25, -0.2) is 8.42 Å². The number of sulfonamides is 1. The van der Waals surface area contributed by atoms with Gasteiger partial charge in [-0.15, -0.1) is 0 Å². The Balaban J connectivity index is 1.74. The van der Waals surface area contributed by atoms with Gasteiger partial charge < -0.3 is 14.8 Å². The Bertz CT molecular complexity index is 1330. The van der Waals surface area contributed by atoms with E-state index in [0.29, 0.717) is 5.75 Å². The number of non-ortho nitro benzene ring substituents is 1. The summed E-state index contributed by atoms with van der Waals surface area (Å²) in [5.74, 6) is 0.171. The highest BCUT2D eigenvalue weighted by Gasteiger charge is 2.34. The second kappa shape index (κ2) is 11.0. The minimum atomic E-state index is -4.01. The molecule has 3 aromatic carbocycles. The maximum Gasteiger partial charge on any atom is 0.271 e. The number of hydrogen-bond donors (Lipinski definition) is 1. The normalized spacial score (nSPS) is 12.1. The number of carbonyl (C=O) groups excluding carboxylic acids is 1. The number of rotatable bonds is 11. The standard InChI is InChI=1S/C24H27N3O7S/c1-4-21(26(35(3,31)32)22-16-19(27(29)30)10-12-23(22)33-2)24(28)25-13-14-34-20-11-9-17-7-5-6-8-18(17)15-20/h5-12,15-16,21H,4,13-14H2,1-3H3,(H,25,28)/t21-/m0/s1. The lowest BCUT2D eigenvalue weighted by molar-refractivity contribution is -0.384. The average Bonchev–Trinajstić information content (AvgIpc) is 2.83. The first-order valence-electron chi connectivity index (χ1n) is 10.9. The largest absolute Gasteiger partial charge is 0.495 e. The number of benzene rings is 3. The summed E-state index contributed by atoms with van der Waals surface area (Å²) in [4.78, 5) is 23.6. The van der Waals surface area contributed by atoms with Crippen LogP contribution in [0.1, 0.15) is 13.3 Å². The molecule has 0 aliphatic carbocycles. The van der Waals surface area contributed by atoms with Crippen LogP contribution in [-0.2, 0) is 14.8 Å². The van der Waals surface area contributed by atoms with Crippen molar-refractivity contribution in [2.75, 3.05) is 30.8 Å². The molecule has 0 unspecified atom stereocenters. The zero-order chi connectivity index (χ0) is 25.6. The van der Waals surface area contributed by atoms with Gasteiger partial charge in [0.05, 0.1) is 24.8 Å². The number of nitro benzene ring substituents is 1. The molecule has 1 atom stereocenters. The molecule has 0 fully saturated rings. The van der Waals surface area contributed by atoms with Crippen LogP contribution in [0.4, 0.5) is 11.4 Å². The van der Waals surface area contributed by atoms with Crippen LogP contribution in [0.25, 0.3) is 10.8 Å². The third-order valence-corrected chi connectivity index (χ3v) is 6.50. The van der Waals surface area contributed by atoms with Crippen LogP contribution in [0.2, 0.25) is 0 Å². The number of hydrogen-bond acceptors (Lipinski definition) is 7. The van der Waals surface area contributed by atoms with Crippen molar-refractivity contribution in [2.45, 2.75) is 19.4 Å². The van der Waals surface area contributed by atoms with Crippen LogP contribution >= 0.6 is 0 Å². The van der Waals surface area contributed by atoms with E-state index >= 15 is 0 Å². The van der Waals surface area contributed by atoms with E-state index in [1.165, 1.54) is 19.2 Å². The number of amides is 1. The van der Waals surface area contributed by atoms with E-state index < -0.39 is 26.9 Å². The van der Waals surface area contributed by atoms with Crippen LogP contribution in [0.15, 0.2) is 60.7 Å². The highest BCUT2D eigenvalue weighted by atomic mass is 32.2. The van der Waals surface area contributed by atoms with Crippen LogP contribution in [0.3, 0.4) is 0 Å². The number of ether oxygens (including phenoxy) is 2. The number of nitrogens with one attached hydrogen (secondary N) is 1. The second-order valence-electron chi connectivity index (χ2n) is 7.74. The number of nitrogens with zero attached hydrogens (tertiary/aromatic N) is 2. The van der Waals surface area contributed by atoms with E-state index in [1.54, 1.807) is 6.92 Å². The Morgan fingerprint density at radius 1 is 1.11 bits per heavy atom. The van der Waals surface area contributed by atoms with Gasteiger partial charge in [0, 0.05) is 12.1 Å². The molecule has 0 spiro atoms. The fraction of sp³-hybridized carbons (Fsp3) is 0.292. The van der Waals surface area contributed by atoms with Crippen molar-refractivity contribution in [1.82, 2.24) is 5.32 Å². The van der Waals surface area contributed by atoms with Gasteiger partial charge in [0.15, 0.2) is 0 Å². The van der Waals surface area contributed by atoms with Crippen LogP contribution in [-0.4, -0.2) is 51.8 Å². The summed E-state index contributed by atoms with van der Waals surface area (Å²) < 4.78 is 37.2. The van der Waals surface area contributed by atoms with Crippen LogP contribution < -0.4 is 19.1 Å². The number of fused-ring (bicyclic) bond motifs is 1. The molecular formula is C24H27N3O7S. The van der Waals surface area contributed by atoms with Gasteiger partial charge in [0.2, 0.25) is 15.9 Å². The Kier molecular flexibility index (Phi) is 8.13. The summed E-state index contributed by atoms with van der Waals surface area (Å²) in [7, 11) is -2.69. The number of nitro groups is 1. The van der Waals surface area contributed by atoms with E-state index in [4.69, 9.17) is 9.47 Å². The predicted molar refractivity (Wildman–Crippen MR) is 134 cm³/mol. The van der Waals surface area contributed by atoms with Crippen molar-refractivity contribution >= 4 is 38.1 Å². The molecule has 0 heterocycles. The molecule has 0 aromatic heterocycles. The molecule has 3 rings (SSSR count). The molecule has 0 aliphatic heterocycles. The summed E-state index contributed by atoms with van der Waals surface area (Å²) in [6.07, 6.45) is 1.06. The molecule has 35 heavy (non-hydrogen) atoms. The smallest absolute Gasteiger partial charge is 0.271 e. The Labute approximate surface area is 203 Å². The lowest BCUT2D eigenvalue weighted by atomic mass is 10.1. The summed E-state index contributed by atoms with van der Waals surface area (Å²) in [6, 6.07) is 15.9. The first kappa shape index (κ1) is 25.8. The molecule has 0 radical (unpaired) electrons. The lowest BCUT2D eigenvalue weighted by Crippen LogP contribution is -2.50.